The van der Waals surface area contributed by atoms with Gasteiger partial charge in [0.2, 0.25) is 11.8 Å². The molecule has 1 atom stereocenters. The number of hydrogen-bond acceptors (Lipinski definition) is 4. The summed E-state index contributed by atoms with van der Waals surface area (Å²) < 4.78 is 0.644. The molecule has 0 aliphatic rings. The summed E-state index contributed by atoms with van der Waals surface area (Å²) in [5.41, 5.74) is 0.751. The van der Waals surface area contributed by atoms with E-state index in [9.17, 15) is 9.59 Å². The number of anilines is 1. The molecule has 8 heteroatoms. The van der Waals surface area contributed by atoms with Crippen LogP contribution in [-0.2, 0) is 16.0 Å². The summed E-state index contributed by atoms with van der Waals surface area (Å²) in [6.07, 6.45) is 3.45. The Bertz CT molecular complexity index is 911. The van der Waals surface area contributed by atoms with Crippen LogP contribution in [0.25, 0.3) is 10.8 Å². The number of nitrogens with one attached hydrogen (secondary N) is 3. The lowest BCUT2D eigenvalue weighted by Crippen LogP contribution is -2.44. The number of carbonyl (C=O) groups is 2. The molecule has 3 rings (SSSR count). The second kappa shape index (κ2) is 7.43. The minimum absolute atomic E-state index is 0.285. The minimum atomic E-state index is -0.731. The Morgan fingerprint density at radius 2 is 2.12 bits per heavy atom. The molecule has 0 unspecified atom stereocenters. The number of H-pyrrole nitrogens is 1. The summed E-state index contributed by atoms with van der Waals surface area (Å²) in [5.74, 6) is -0.220. The lowest BCUT2D eigenvalue weighted by Gasteiger charge is -2.17. The van der Waals surface area contributed by atoms with Crippen molar-refractivity contribution in [3.05, 3.63) is 53.2 Å². The Balaban J connectivity index is 1.81. The summed E-state index contributed by atoms with van der Waals surface area (Å²) in [7, 11) is 0. The topological polar surface area (TPSA) is 99.8 Å². The zero-order valence-corrected chi connectivity index (χ0v) is 15.0. The highest BCUT2D eigenvalue weighted by atomic mass is 79.9. The van der Waals surface area contributed by atoms with E-state index in [4.69, 9.17) is 0 Å². The maximum absolute atomic E-state index is 12.6. The van der Waals surface area contributed by atoms with Crippen LogP contribution in [0.1, 0.15) is 12.6 Å². The van der Waals surface area contributed by atoms with Crippen molar-refractivity contribution in [3.63, 3.8) is 0 Å². The third-order valence-corrected chi connectivity index (χ3v) is 4.22. The quantitative estimate of drug-likeness (QED) is 0.571. The smallest absolute Gasteiger partial charge is 0.248 e. The number of aromatic nitrogens is 3. The summed E-state index contributed by atoms with van der Waals surface area (Å²) in [4.78, 5) is 35.2. The molecule has 25 heavy (non-hydrogen) atoms. The van der Waals surface area contributed by atoms with E-state index in [0.29, 0.717) is 16.8 Å². The fraction of sp³-hybridized carbons (Fsp3) is 0.176. The van der Waals surface area contributed by atoms with Crippen molar-refractivity contribution < 1.29 is 9.59 Å². The van der Waals surface area contributed by atoms with Crippen LogP contribution in [0.3, 0.4) is 0 Å². The van der Waals surface area contributed by atoms with E-state index in [-0.39, 0.29) is 11.8 Å². The standard InChI is InChI=1S/C17H16BrN5O2/c1-10(24)21-14(7-12-8-19-9-20-12)17(25)23-15-6-11-4-2-3-5-13(11)16(18)22-15/h2-6,8-9,14H,7H2,1H3,(H,19,20)(H,21,24)(H,22,23,25)/t14-/m0/s1. The number of amides is 2. The van der Waals surface area contributed by atoms with Crippen LogP contribution in [0.15, 0.2) is 47.5 Å². The molecule has 2 heterocycles. The number of hydrogen-bond donors (Lipinski definition) is 3. The zero-order valence-electron chi connectivity index (χ0n) is 13.4. The highest BCUT2D eigenvalue weighted by Gasteiger charge is 2.21. The van der Waals surface area contributed by atoms with Crippen LogP contribution in [0.4, 0.5) is 5.82 Å². The van der Waals surface area contributed by atoms with Crippen molar-refractivity contribution in [2.45, 2.75) is 19.4 Å². The Morgan fingerprint density at radius 3 is 2.84 bits per heavy atom. The maximum atomic E-state index is 12.6. The van der Waals surface area contributed by atoms with Crippen molar-refractivity contribution in [3.8, 4) is 0 Å². The van der Waals surface area contributed by atoms with Crippen molar-refractivity contribution in [2.24, 2.45) is 0 Å². The molecule has 2 aromatic heterocycles. The third-order valence-electron chi connectivity index (χ3n) is 3.62. The van der Waals surface area contributed by atoms with Crippen LogP contribution in [0, 0.1) is 0 Å². The van der Waals surface area contributed by atoms with E-state index < -0.39 is 6.04 Å². The van der Waals surface area contributed by atoms with Crippen molar-refractivity contribution in [1.82, 2.24) is 20.3 Å². The number of nitrogens with zero attached hydrogens (tertiary/aromatic N) is 2. The predicted octanol–water partition coefficient (Wildman–Crippen LogP) is 2.41. The number of benzene rings is 1. The van der Waals surface area contributed by atoms with Crippen LogP contribution in [0.5, 0.6) is 0 Å². The number of imidazole rings is 1. The molecule has 7 nitrogen and oxygen atoms in total. The molecule has 3 aromatic rings. The molecule has 0 fully saturated rings. The monoisotopic (exact) mass is 401 g/mol. The number of carbonyl (C=O) groups excluding carboxylic acids is 2. The van der Waals surface area contributed by atoms with Gasteiger partial charge in [0.15, 0.2) is 0 Å². The molecule has 0 aliphatic carbocycles. The Hall–Kier alpha value is -2.74. The van der Waals surface area contributed by atoms with Crippen molar-refractivity contribution in [2.75, 3.05) is 5.32 Å². The van der Waals surface area contributed by atoms with Gasteiger partial charge in [-0.25, -0.2) is 9.97 Å². The van der Waals surface area contributed by atoms with Gasteiger partial charge >= 0.3 is 0 Å². The number of fused-ring (bicyclic) bond motifs is 1. The van der Waals surface area contributed by atoms with Crippen LogP contribution in [-0.4, -0.2) is 32.8 Å². The second-order valence-electron chi connectivity index (χ2n) is 5.54. The molecule has 2 amide bonds. The molecular weight excluding hydrogens is 386 g/mol. The molecule has 0 aliphatic heterocycles. The van der Waals surface area contributed by atoms with Gasteiger partial charge in [0.25, 0.3) is 0 Å². The van der Waals surface area contributed by atoms with Gasteiger partial charge in [-0.05, 0) is 27.4 Å². The van der Waals surface area contributed by atoms with E-state index in [1.807, 2.05) is 24.3 Å². The Labute approximate surface area is 152 Å². The fourth-order valence-corrected chi connectivity index (χ4v) is 3.06. The van der Waals surface area contributed by atoms with Gasteiger partial charge in [0, 0.05) is 30.6 Å². The zero-order chi connectivity index (χ0) is 17.8. The Kier molecular flexibility index (Phi) is 5.08. The van der Waals surface area contributed by atoms with Crippen LogP contribution in [0.2, 0.25) is 0 Å². The van der Waals surface area contributed by atoms with Gasteiger partial charge in [0.05, 0.1) is 6.33 Å². The SMILES string of the molecule is CC(=O)N[C@@H](Cc1cnc[nH]1)C(=O)Nc1cc2ccccc2c(Br)n1. The maximum Gasteiger partial charge on any atom is 0.248 e. The largest absolute Gasteiger partial charge is 0.348 e. The van der Waals surface area contributed by atoms with Gasteiger partial charge in [-0.15, -0.1) is 0 Å². The third kappa shape index (κ3) is 4.21. The number of aromatic amines is 1. The van der Waals surface area contributed by atoms with Gasteiger partial charge in [-0.2, -0.15) is 0 Å². The molecule has 1 aromatic carbocycles. The second-order valence-corrected chi connectivity index (χ2v) is 6.29. The first kappa shape index (κ1) is 17.1. The first-order valence-corrected chi connectivity index (χ1v) is 8.43. The summed E-state index contributed by atoms with van der Waals surface area (Å²) >= 11 is 3.42. The summed E-state index contributed by atoms with van der Waals surface area (Å²) in [6.45, 7) is 1.37. The number of pyridine rings is 1. The molecule has 0 saturated carbocycles. The van der Waals surface area contributed by atoms with Gasteiger partial charge < -0.3 is 15.6 Å². The molecule has 3 N–H and O–H groups in total. The highest BCUT2D eigenvalue weighted by Crippen LogP contribution is 2.24. The normalized spacial score (nSPS) is 11.9. The summed E-state index contributed by atoms with van der Waals surface area (Å²) in [6, 6.07) is 8.77. The lowest BCUT2D eigenvalue weighted by atomic mass is 10.1. The molecular formula is C17H16BrN5O2. The number of rotatable bonds is 5. The van der Waals surface area contributed by atoms with Gasteiger partial charge in [-0.3, -0.25) is 9.59 Å². The molecule has 128 valence electrons. The van der Waals surface area contributed by atoms with Gasteiger partial charge in [0.1, 0.15) is 16.5 Å². The highest BCUT2D eigenvalue weighted by molar-refractivity contribution is 9.10. The average molecular weight is 402 g/mol. The van der Waals surface area contributed by atoms with Crippen LogP contribution < -0.4 is 10.6 Å². The first-order chi connectivity index (χ1) is 12.0. The van der Waals surface area contributed by atoms with E-state index in [0.717, 1.165) is 16.5 Å². The van der Waals surface area contributed by atoms with E-state index >= 15 is 0 Å². The first-order valence-electron chi connectivity index (χ1n) is 7.63. The van der Waals surface area contributed by atoms with Crippen molar-refractivity contribution >= 4 is 44.3 Å². The van der Waals surface area contributed by atoms with E-state index in [1.54, 1.807) is 12.3 Å². The average Bonchev–Trinajstić information content (AvgIpc) is 3.07. The molecule has 0 saturated heterocycles. The summed E-state index contributed by atoms with van der Waals surface area (Å²) in [5, 5.41) is 7.32. The van der Waals surface area contributed by atoms with Crippen LogP contribution >= 0.6 is 15.9 Å². The molecule has 0 bridgehead atoms. The fourth-order valence-electron chi connectivity index (χ4n) is 2.50. The van der Waals surface area contributed by atoms with Crippen molar-refractivity contribution in [1.29, 1.82) is 0 Å². The lowest BCUT2D eigenvalue weighted by molar-refractivity contribution is -0.125. The minimum Gasteiger partial charge on any atom is -0.348 e. The number of halogens is 1. The van der Waals surface area contributed by atoms with E-state index in [2.05, 4.69) is 41.5 Å². The molecule has 0 spiro atoms. The van der Waals surface area contributed by atoms with Gasteiger partial charge in [-0.1, -0.05) is 24.3 Å². The Morgan fingerprint density at radius 1 is 1.32 bits per heavy atom. The molecule has 0 radical (unpaired) electrons. The predicted molar refractivity (Wildman–Crippen MR) is 98.0 cm³/mol. The van der Waals surface area contributed by atoms with E-state index in [1.165, 1.54) is 13.3 Å².